The second kappa shape index (κ2) is 6.59. The third-order valence-electron chi connectivity index (χ3n) is 2.56. The van der Waals surface area contributed by atoms with Gasteiger partial charge in [0.25, 0.3) is 0 Å². The third kappa shape index (κ3) is 4.45. The number of hydrogen-bond acceptors (Lipinski definition) is 2. The van der Waals surface area contributed by atoms with E-state index in [0.29, 0.717) is 6.61 Å². The lowest BCUT2D eigenvalue weighted by molar-refractivity contribution is -0.127. The standard InChI is InChI=1S/C13H20O2/c1-3-15-13(14)11(2)9-10-12-7-5-4-6-8-12/h4-8,11,13-14H,3,9-10H2,1-2H3/t11-,13?/m0/s1. The molecule has 2 heteroatoms. The molecule has 1 rings (SSSR count). The fourth-order valence-corrected chi connectivity index (χ4v) is 1.52. The molecule has 0 aliphatic rings. The maximum Gasteiger partial charge on any atom is 0.157 e. The van der Waals surface area contributed by atoms with Crippen LogP contribution in [0.2, 0.25) is 0 Å². The predicted molar refractivity (Wildman–Crippen MR) is 61.6 cm³/mol. The lowest BCUT2D eigenvalue weighted by Gasteiger charge is -2.18. The topological polar surface area (TPSA) is 29.5 Å². The van der Waals surface area contributed by atoms with Gasteiger partial charge in [0.15, 0.2) is 6.29 Å². The van der Waals surface area contributed by atoms with Crippen molar-refractivity contribution < 1.29 is 9.84 Å². The van der Waals surface area contributed by atoms with Gasteiger partial charge in [0.05, 0.1) is 0 Å². The molecule has 0 amide bonds. The molecule has 0 aromatic heterocycles. The highest BCUT2D eigenvalue weighted by Crippen LogP contribution is 2.13. The summed E-state index contributed by atoms with van der Waals surface area (Å²) in [5, 5.41) is 9.57. The molecule has 84 valence electrons. The summed E-state index contributed by atoms with van der Waals surface area (Å²) < 4.78 is 5.15. The molecule has 1 unspecified atom stereocenters. The van der Waals surface area contributed by atoms with Crippen LogP contribution in [0.1, 0.15) is 25.8 Å². The SMILES string of the molecule is CCOC(O)[C@@H](C)CCc1ccccc1. The molecule has 0 aliphatic carbocycles. The van der Waals surface area contributed by atoms with Crippen molar-refractivity contribution in [2.75, 3.05) is 6.61 Å². The Hall–Kier alpha value is -0.860. The third-order valence-corrected chi connectivity index (χ3v) is 2.56. The summed E-state index contributed by atoms with van der Waals surface area (Å²) in [5.74, 6) is 0.185. The summed E-state index contributed by atoms with van der Waals surface area (Å²) >= 11 is 0. The number of benzene rings is 1. The van der Waals surface area contributed by atoms with Crippen LogP contribution in [0.5, 0.6) is 0 Å². The van der Waals surface area contributed by atoms with E-state index in [1.807, 2.05) is 32.0 Å². The van der Waals surface area contributed by atoms with Gasteiger partial charge in [0.2, 0.25) is 0 Å². The second-order valence-corrected chi connectivity index (χ2v) is 3.85. The van der Waals surface area contributed by atoms with Gasteiger partial charge in [-0.05, 0) is 25.3 Å². The van der Waals surface area contributed by atoms with Gasteiger partial charge in [0.1, 0.15) is 0 Å². The van der Waals surface area contributed by atoms with Crippen LogP contribution >= 0.6 is 0 Å². The van der Waals surface area contributed by atoms with E-state index in [1.54, 1.807) is 0 Å². The van der Waals surface area contributed by atoms with E-state index in [-0.39, 0.29) is 5.92 Å². The summed E-state index contributed by atoms with van der Waals surface area (Å²) in [6, 6.07) is 10.3. The first-order valence-corrected chi connectivity index (χ1v) is 5.57. The van der Waals surface area contributed by atoms with Crippen LogP contribution in [0.4, 0.5) is 0 Å². The molecular formula is C13H20O2. The summed E-state index contributed by atoms with van der Waals surface area (Å²) in [4.78, 5) is 0. The number of hydrogen-bond donors (Lipinski definition) is 1. The van der Waals surface area contributed by atoms with E-state index in [1.165, 1.54) is 5.56 Å². The first-order chi connectivity index (χ1) is 7.24. The minimum absolute atomic E-state index is 0.185. The molecule has 0 bridgehead atoms. The zero-order chi connectivity index (χ0) is 11.1. The van der Waals surface area contributed by atoms with Crippen LogP contribution in [0.15, 0.2) is 30.3 Å². The molecule has 15 heavy (non-hydrogen) atoms. The number of rotatable bonds is 6. The van der Waals surface area contributed by atoms with Gasteiger partial charge in [-0.15, -0.1) is 0 Å². The quantitative estimate of drug-likeness (QED) is 0.728. The molecule has 0 saturated carbocycles. The molecular weight excluding hydrogens is 188 g/mol. The second-order valence-electron chi connectivity index (χ2n) is 3.85. The summed E-state index contributed by atoms with van der Waals surface area (Å²) in [6.07, 6.45) is 1.32. The number of aryl methyl sites for hydroxylation is 1. The smallest absolute Gasteiger partial charge is 0.157 e. The van der Waals surface area contributed by atoms with Gasteiger partial charge in [-0.2, -0.15) is 0 Å². The van der Waals surface area contributed by atoms with Crippen molar-refractivity contribution in [3.8, 4) is 0 Å². The van der Waals surface area contributed by atoms with E-state index in [2.05, 4.69) is 12.1 Å². The van der Waals surface area contributed by atoms with Crippen molar-refractivity contribution in [2.45, 2.75) is 33.0 Å². The molecule has 0 saturated heterocycles. The number of aliphatic hydroxyl groups excluding tert-OH is 1. The highest BCUT2D eigenvalue weighted by atomic mass is 16.6. The van der Waals surface area contributed by atoms with Crippen molar-refractivity contribution in [1.82, 2.24) is 0 Å². The largest absolute Gasteiger partial charge is 0.368 e. The van der Waals surface area contributed by atoms with Crippen molar-refractivity contribution in [3.63, 3.8) is 0 Å². The van der Waals surface area contributed by atoms with E-state index >= 15 is 0 Å². The van der Waals surface area contributed by atoms with Crippen LogP contribution in [-0.4, -0.2) is 18.0 Å². The maximum absolute atomic E-state index is 9.57. The predicted octanol–water partition coefficient (Wildman–Crippen LogP) is 2.61. The molecule has 0 aliphatic heterocycles. The average molecular weight is 208 g/mol. The normalized spacial score (nSPS) is 14.9. The van der Waals surface area contributed by atoms with Crippen LogP contribution < -0.4 is 0 Å². The minimum atomic E-state index is -0.626. The van der Waals surface area contributed by atoms with Gasteiger partial charge in [-0.3, -0.25) is 0 Å². The van der Waals surface area contributed by atoms with Crippen molar-refractivity contribution in [3.05, 3.63) is 35.9 Å². The van der Waals surface area contributed by atoms with E-state index in [4.69, 9.17) is 4.74 Å². The zero-order valence-electron chi connectivity index (χ0n) is 9.52. The molecule has 0 spiro atoms. The summed E-state index contributed by atoms with van der Waals surface area (Å²) in [5.41, 5.74) is 1.31. The van der Waals surface area contributed by atoms with Gasteiger partial charge in [-0.1, -0.05) is 37.3 Å². The number of aliphatic hydroxyl groups is 1. The Bertz CT molecular complexity index is 258. The fourth-order valence-electron chi connectivity index (χ4n) is 1.52. The Labute approximate surface area is 91.9 Å². The van der Waals surface area contributed by atoms with E-state index in [0.717, 1.165) is 12.8 Å². The van der Waals surface area contributed by atoms with Gasteiger partial charge < -0.3 is 9.84 Å². The fraction of sp³-hybridized carbons (Fsp3) is 0.538. The van der Waals surface area contributed by atoms with E-state index in [9.17, 15) is 5.11 Å². The molecule has 1 aromatic rings. The minimum Gasteiger partial charge on any atom is -0.368 e. The Kier molecular flexibility index (Phi) is 5.37. The van der Waals surface area contributed by atoms with E-state index < -0.39 is 6.29 Å². The highest BCUT2D eigenvalue weighted by molar-refractivity contribution is 5.14. The van der Waals surface area contributed by atoms with Crippen LogP contribution in [0, 0.1) is 5.92 Å². The Morgan fingerprint density at radius 3 is 2.53 bits per heavy atom. The maximum atomic E-state index is 9.57. The highest BCUT2D eigenvalue weighted by Gasteiger charge is 2.13. The number of ether oxygens (including phenoxy) is 1. The van der Waals surface area contributed by atoms with Crippen molar-refractivity contribution in [2.24, 2.45) is 5.92 Å². The zero-order valence-corrected chi connectivity index (χ0v) is 9.52. The van der Waals surface area contributed by atoms with Gasteiger partial charge in [0, 0.05) is 12.5 Å². The first kappa shape index (κ1) is 12.2. The summed E-state index contributed by atoms with van der Waals surface area (Å²) in [6.45, 7) is 4.48. The summed E-state index contributed by atoms with van der Waals surface area (Å²) in [7, 11) is 0. The molecule has 0 heterocycles. The molecule has 1 aromatic carbocycles. The monoisotopic (exact) mass is 208 g/mol. The molecule has 0 fully saturated rings. The van der Waals surface area contributed by atoms with Crippen molar-refractivity contribution in [1.29, 1.82) is 0 Å². The van der Waals surface area contributed by atoms with Crippen molar-refractivity contribution >= 4 is 0 Å². The van der Waals surface area contributed by atoms with Crippen LogP contribution in [0.3, 0.4) is 0 Å². The van der Waals surface area contributed by atoms with Gasteiger partial charge >= 0.3 is 0 Å². The lowest BCUT2D eigenvalue weighted by Crippen LogP contribution is -2.21. The Balaban J connectivity index is 2.31. The molecule has 2 atom stereocenters. The lowest BCUT2D eigenvalue weighted by atomic mass is 10.0. The van der Waals surface area contributed by atoms with Gasteiger partial charge in [-0.25, -0.2) is 0 Å². The molecule has 1 N–H and O–H groups in total. The Morgan fingerprint density at radius 1 is 1.27 bits per heavy atom. The van der Waals surface area contributed by atoms with Crippen LogP contribution in [0.25, 0.3) is 0 Å². The average Bonchev–Trinajstić information content (AvgIpc) is 2.27. The molecule has 2 nitrogen and oxygen atoms in total. The Morgan fingerprint density at radius 2 is 1.93 bits per heavy atom. The first-order valence-electron chi connectivity index (χ1n) is 5.57. The molecule has 0 radical (unpaired) electrons. The van der Waals surface area contributed by atoms with Crippen LogP contribution in [-0.2, 0) is 11.2 Å².